The van der Waals surface area contributed by atoms with Gasteiger partial charge in [-0.15, -0.1) is 0 Å². The van der Waals surface area contributed by atoms with Gasteiger partial charge in [-0.25, -0.2) is 0 Å². The third-order valence-electron chi connectivity index (χ3n) is 7.17. The third-order valence-corrected chi connectivity index (χ3v) is 7.17. The summed E-state index contributed by atoms with van der Waals surface area (Å²) in [6.45, 7) is 0. The summed E-state index contributed by atoms with van der Waals surface area (Å²) >= 11 is 0. The Bertz CT molecular complexity index is 2470. The predicted molar refractivity (Wildman–Crippen MR) is 157 cm³/mol. The Morgan fingerprint density at radius 3 is 1.73 bits per heavy atom. The highest BCUT2D eigenvalue weighted by Crippen LogP contribution is 2.47. The molecule has 0 saturated heterocycles. The molecule has 1 aromatic heterocycles. The van der Waals surface area contributed by atoms with Crippen LogP contribution in [-0.2, 0) is 0 Å². The molecular weight excluding hydrogens is 448 g/mol. The van der Waals surface area contributed by atoms with Gasteiger partial charge in [-0.2, -0.15) is 0 Å². The van der Waals surface area contributed by atoms with E-state index < -0.39 is 12.1 Å². The maximum Gasteiger partial charge on any atom is 0.136 e. The van der Waals surface area contributed by atoms with Crippen molar-refractivity contribution in [2.24, 2.45) is 0 Å². The van der Waals surface area contributed by atoms with Crippen molar-refractivity contribution in [3.8, 4) is 22.3 Å². The van der Waals surface area contributed by atoms with Crippen molar-refractivity contribution in [1.29, 1.82) is 0 Å². The quantitative estimate of drug-likeness (QED) is 0.226. The molecule has 0 aliphatic carbocycles. The molecule has 7 aromatic carbocycles. The van der Waals surface area contributed by atoms with Crippen LogP contribution in [0.2, 0.25) is 0 Å². The zero-order valence-electron chi connectivity index (χ0n) is 26.6. The van der Waals surface area contributed by atoms with Crippen molar-refractivity contribution in [3.05, 3.63) is 133 Å². The largest absolute Gasteiger partial charge is 0.456 e. The van der Waals surface area contributed by atoms with E-state index in [4.69, 9.17) is 14.0 Å². The Kier molecular flexibility index (Phi) is 3.09. The third kappa shape index (κ3) is 2.92. The second kappa shape index (κ2) is 7.81. The Labute approximate surface area is 224 Å². The van der Waals surface area contributed by atoms with Gasteiger partial charge in [0.15, 0.2) is 0 Å². The molecule has 0 aliphatic rings. The van der Waals surface area contributed by atoms with Gasteiger partial charge in [0, 0.05) is 10.8 Å². The van der Waals surface area contributed by atoms with Gasteiger partial charge in [-0.1, -0.05) is 121 Å². The fourth-order valence-electron chi connectivity index (χ4n) is 5.67. The first-order valence-electron chi connectivity index (χ1n) is 15.6. The molecule has 1 heteroatoms. The molecule has 0 radical (unpaired) electrons. The lowest BCUT2D eigenvalue weighted by Crippen LogP contribution is -1.92. The first-order valence-corrected chi connectivity index (χ1v) is 12.1. The lowest BCUT2D eigenvalue weighted by Gasteiger charge is -2.19. The molecule has 0 fully saturated rings. The van der Waals surface area contributed by atoms with Crippen molar-refractivity contribution in [1.82, 2.24) is 0 Å². The average Bonchev–Trinajstić information content (AvgIpc) is 3.43. The zero-order valence-corrected chi connectivity index (χ0v) is 19.6. The molecule has 0 aliphatic heterocycles. The second-order valence-electron chi connectivity index (χ2n) is 9.12. The SMILES string of the molecule is [2H]c1c([2H])c([2H])c2c(-c3c4ccccc4c(-c4cccc5oc6ccccc6c45)c4ccccc34)c([2H])c([2H])c([2H])c2c1[2H]. The highest BCUT2D eigenvalue weighted by atomic mass is 16.3. The van der Waals surface area contributed by atoms with E-state index >= 15 is 0 Å². The molecule has 1 nitrogen and oxygen atoms in total. The van der Waals surface area contributed by atoms with Crippen molar-refractivity contribution < 1.29 is 14.0 Å². The minimum absolute atomic E-state index is 0.0566. The Hall–Kier alpha value is -4.88. The fourth-order valence-corrected chi connectivity index (χ4v) is 5.67. The van der Waals surface area contributed by atoms with Gasteiger partial charge in [0.25, 0.3) is 0 Å². The van der Waals surface area contributed by atoms with Gasteiger partial charge in [-0.3, -0.25) is 0 Å². The highest BCUT2D eigenvalue weighted by Gasteiger charge is 2.20. The van der Waals surface area contributed by atoms with Crippen LogP contribution in [0.1, 0.15) is 9.60 Å². The van der Waals surface area contributed by atoms with Crippen molar-refractivity contribution in [3.63, 3.8) is 0 Å². The van der Waals surface area contributed by atoms with Crippen LogP contribution >= 0.6 is 0 Å². The van der Waals surface area contributed by atoms with Crippen LogP contribution < -0.4 is 0 Å². The molecule has 37 heavy (non-hydrogen) atoms. The molecule has 0 unspecified atom stereocenters. The molecule has 0 amide bonds. The maximum atomic E-state index is 9.12. The molecule has 0 saturated carbocycles. The normalized spacial score (nSPS) is 14.4. The van der Waals surface area contributed by atoms with E-state index in [-0.39, 0.29) is 46.5 Å². The number of hydrogen-bond acceptors (Lipinski definition) is 1. The Morgan fingerprint density at radius 1 is 0.432 bits per heavy atom. The smallest absolute Gasteiger partial charge is 0.136 e. The van der Waals surface area contributed by atoms with E-state index in [9.17, 15) is 0 Å². The number of hydrogen-bond donors (Lipinski definition) is 0. The summed E-state index contributed by atoms with van der Waals surface area (Å²) in [5.74, 6) is 0. The van der Waals surface area contributed by atoms with Crippen LogP contribution in [-0.4, -0.2) is 0 Å². The highest BCUT2D eigenvalue weighted by molar-refractivity contribution is 6.26. The molecule has 0 bridgehead atoms. The van der Waals surface area contributed by atoms with Gasteiger partial charge in [0.1, 0.15) is 11.2 Å². The molecule has 0 spiro atoms. The molecule has 172 valence electrons. The average molecular weight is 478 g/mol. The standard InChI is InChI=1S/C36H22O/c1-2-13-24-23(11-1)12-9-19-25(24)34-26-14-3-5-16-28(26)35(29-17-6-4-15-27(29)34)31-20-10-22-33-36(31)30-18-7-8-21-32(30)37-33/h1-22H/i1D,2D,9D,11D,12D,13D,19D. The van der Waals surface area contributed by atoms with Crippen LogP contribution in [0.15, 0.2) is 138 Å². The van der Waals surface area contributed by atoms with Crippen LogP contribution in [0.5, 0.6) is 0 Å². The fraction of sp³-hybridized carbons (Fsp3) is 0. The second-order valence-corrected chi connectivity index (χ2v) is 9.12. The summed E-state index contributed by atoms with van der Waals surface area (Å²) < 4.78 is 66.9. The summed E-state index contributed by atoms with van der Waals surface area (Å²) in [6, 6.07) is 27.0. The van der Waals surface area contributed by atoms with Gasteiger partial charge in [0.2, 0.25) is 0 Å². The minimum Gasteiger partial charge on any atom is -0.456 e. The van der Waals surface area contributed by atoms with Crippen LogP contribution in [0, 0.1) is 0 Å². The van der Waals surface area contributed by atoms with Gasteiger partial charge in [-0.05, 0) is 66.7 Å². The van der Waals surface area contributed by atoms with Crippen molar-refractivity contribution in [2.45, 2.75) is 0 Å². The van der Waals surface area contributed by atoms with E-state index in [0.29, 0.717) is 5.56 Å². The molecule has 1 heterocycles. The lowest BCUT2D eigenvalue weighted by atomic mass is 9.84. The zero-order chi connectivity index (χ0) is 30.4. The Morgan fingerprint density at radius 2 is 1.00 bits per heavy atom. The first-order chi connectivity index (χ1) is 21.3. The minimum atomic E-state index is -0.468. The number of fused-ring (bicyclic) bond motifs is 6. The summed E-state index contributed by atoms with van der Waals surface area (Å²) in [5, 5.41) is 5.31. The number of para-hydroxylation sites is 1. The molecule has 8 aromatic rings. The first kappa shape index (κ1) is 14.6. The predicted octanol–water partition coefficient (Wildman–Crippen LogP) is 10.4. The van der Waals surface area contributed by atoms with Gasteiger partial charge >= 0.3 is 0 Å². The van der Waals surface area contributed by atoms with E-state index in [1.165, 1.54) is 0 Å². The van der Waals surface area contributed by atoms with Gasteiger partial charge < -0.3 is 4.42 Å². The summed E-state index contributed by atoms with van der Waals surface area (Å²) in [4.78, 5) is 0. The van der Waals surface area contributed by atoms with E-state index in [0.717, 1.165) is 54.6 Å². The number of rotatable bonds is 2. The maximum absolute atomic E-state index is 9.12. The van der Waals surface area contributed by atoms with Crippen LogP contribution in [0.4, 0.5) is 0 Å². The van der Waals surface area contributed by atoms with Crippen LogP contribution in [0.25, 0.3) is 76.5 Å². The molecule has 0 N–H and O–H groups in total. The van der Waals surface area contributed by atoms with Gasteiger partial charge in [0.05, 0.1) is 9.60 Å². The summed E-state index contributed by atoms with van der Waals surface area (Å²) in [7, 11) is 0. The monoisotopic (exact) mass is 477 g/mol. The molecule has 0 atom stereocenters. The van der Waals surface area contributed by atoms with E-state index in [1.807, 2.05) is 84.9 Å². The number of furan rings is 1. The topological polar surface area (TPSA) is 13.1 Å². The van der Waals surface area contributed by atoms with Crippen molar-refractivity contribution in [2.75, 3.05) is 0 Å². The molecule has 8 rings (SSSR count). The lowest BCUT2D eigenvalue weighted by molar-refractivity contribution is 0.669. The van der Waals surface area contributed by atoms with Crippen molar-refractivity contribution >= 4 is 54.3 Å². The van der Waals surface area contributed by atoms with E-state index in [2.05, 4.69) is 6.07 Å². The summed E-state index contributed by atoms with van der Waals surface area (Å²) in [5.41, 5.74) is 4.32. The molecular formula is C36H22O. The van der Waals surface area contributed by atoms with Crippen LogP contribution in [0.3, 0.4) is 0 Å². The number of benzene rings is 7. The van der Waals surface area contributed by atoms with E-state index in [1.54, 1.807) is 0 Å². The summed E-state index contributed by atoms with van der Waals surface area (Å²) in [6.07, 6.45) is 0. The Balaban J connectivity index is 1.62.